The van der Waals surface area contributed by atoms with Gasteiger partial charge >= 0.3 is 6.18 Å². The fourth-order valence-electron chi connectivity index (χ4n) is 0.945. The Kier molecular flexibility index (Phi) is 2.92. The monoisotopic (exact) mass is 224 g/mol. The largest absolute Gasteiger partial charge is 0.407 e. The number of benzene rings is 1. The molecule has 0 spiro atoms. The third-order valence-electron chi connectivity index (χ3n) is 1.73. The SMILES string of the molecule is Nc1cc(C(N)C(F)(F)F)ccc1Cl. The first-order valence-electron chi connectivity index (χ1n) is 3.69. The lowest BCUT2D eigenvalue weighted by atomic mass is 10.1. The molecule has 14 heavy (non-hydrogen) atoms. The maximum absolute atomic E-state index is 12.2. The third-order valence-corrected chi connectivity index (χ3v) is 2.08. The minimum atomic E-state index is -4.47. The van der Waals surface area contributed by atoms with Gasteiger partial charge < -0.3 is 11.5 Å². The second kappa shape index (κ2) is 3.67. The summed E-state index contributed by atoms with van der Waals surface area (Å²) in [6, 6.07) is 1.59. The van der Waals surface area contributed by atoms with Crippen LogP contribution in [0.1, 0.15) is 11.6 Å². The molecule has 6 heteroatoms. The smallest absolute Gasteiger partial charge is 0.398 e. The van der Waals surface area contributed by atoms with Crippen molar-refractivity contribution < 1.29 is 13.2 Å². The van der Waals surface area contributed by atoms with Crippen LogP contribution >= 0.6 is 11.6 Å². The number of anilines is 1. The van der Waals surface area contributed by atoms with E-state index in [1.807, 2.05) is 0 Å². The lowest BCUT2D eigenvalue weighted by molar-refractivity contribution is -0.149. The molecule has 0 saturated heterocycles. The minimum absolute atomic E-state index is 0.0869. The average molecular weight is 225 g/mol. The van der Waals surface area contributed by atoms with E-state index in [0.717, 1.165) is 6.07 Å². The highest BCUT2D eigenvalue weighted by atomic mass is 35.5. The highest BCUT2D eigenvalue weighted by Gasteiger charge is 2.37. The molecule has 0 aromatic heterocycles. The molecule has 0 amide bonds. The van der Waals surface area contributed by atoms with Gasteiger partial charge in [-0.15, -0.1) is 0 Å². The van der Waals surface area contributed by atoms with Crippen molar-refractivity contribution in [2.24, 2.45) is 5.73 Å². The number of rotatable bonds is 1. The third kappa shape index (κ3) is 2.30. The molecule has 4 N–H and O–H groups in total. The van der Waals surface area contributed by atoms with E-state index in [2.05, 4.69) is 0 Å². The predicted octanol–water partition coefficient (Wildman–Crippen LogP) is 2.48. The first-order chi connectivity index (χ1) is 6.32. The molecule has 2 nitrogen and oxygen atoms in total. The number of nitrogen functional groups attached to an aromatic ring is 1. The van der Waals surface area contributed by atoms with E-state index < -0.39 is 12.2 Å². The molecule has 0 aliphatic rings. The van der Waals surface area contributed by atoms with Crippen LogP contribution in [-0.4, -0.2) is 6.18 Å². The first-order valence-corrected chi connectivity index (χ1v) is 4.07. The van der Waals surface area contributed by atoms with Gasteiger partial charge in [0.25, 0.3) is 0 Å². The maximum Gasteiger partial charge on any atom is 0.407 e. The molecule has 78 valence electrons. The van der Waals surface area contributed by atoms with E-state index in [1.54, 1.807) is 0 Å². The van der Waals surface area contributed by atoms with E-state index in [-0.39, 0.29) is 16.3 Å². The lowest BCUT2D eigenvalue weighted by Gasteiger charge is -2.16. The molecule has 0 radical (unpaired) electrons. The molecule has 0 saturated carbocycles. The number of hydrogen-bond acceptors (Lipinski definition) is 2. The molecule has 0 aliphatic heterocycles. The summed E-state index contributed by atoms with van der Waals surface area (Å²) in [4.78, 5) is 0. The summed E-state index contributed by atoms with van der Waals surface area (Å²) in [6.07, 6.45) is -4.47. The van der Waals surface area contributed by atoms with Crippen LogP contribution in [0, 0.1) is 0 Å². The summed E-state index contributed by atoms with van der Waals surface area (Å²) in [5, 5.41) is 0.211. The highest BCUT2D eigenvalue weighted by molar-refractivity contribution is 6.33. The molecule has 1 rings (SSSR count). The summed E-state index contributed by atoms with van der Waals surface area (Å²) < 4.78 is 36.5. The summed E-state index contributed by atoms with van der Waals surface area (Å²) in [5.41, 5.74) is 10.3. The van der Waals surface area contributed by atoms with Crippen molar-refractivity contribution in [1.29, 1.82) is 0 Å². The van der Waals surface area contributed by atoms with Gasteiger partial charge in [0.05, 0.1) is 10.7 Å². The van der Waals surface area contributed by atoms with Gasteiger partial charge in [-0.2, -0.15) is 13.2 Å². The van der Waals surface area contributed by atoms with Gasteiger partial charge in [-0.3, -0.25) is 0 Å². The van der Waals surface area contributed by atoms with E-state index in [9.17, 15) is 13.2 Å². The minimum Gasteiger partial charge on any atom is -0.398 e. The predicted molar refractivity (Wildman–Crippen MR) is 48.8 cm³/mol. The van der Waals surface area contributed by atoms with Crippen LogP contribution < -0.4 is 11.5 Å². The van der Waals surface area contributed by atoms with Crippen LogP contribution in [-0.2, 0) is 0 Å². The number of nitrogens with two attached hydrogens (primary N) is 2. The molecular formula is C8H8ClF3N2. The van der Waals surface area contributed by atoms with Crippen LogP contribution in [0.3, 0.4) is 0 Å². The zero-order chi connectivity index (χ0) is 10.9. The Bertz CT molecular complexity index is 338. The normalized spacial score (nSPS) is 14.1. The zero-order valence-electron chi connectivity index (χ0n) is 6.98. The zero-order valence-corrected chi connectivity index (χ0v) is 7.73. The Morgan fingerprint density at radius 1 is 1.29 bits per heavy atom. The van der Waals surface area contributed by atoms with Crippen LogP contribution in [0.25, 0.3) is 0 Å². The molecule has 1 atom stereocenters. The van der Waals surface area contributed by atoms with Crippen molar-refractivity contribution in [2.75, 3.05) is 5.73 Å². The van der Waals surface area contributed by atoms with Crippen LogP contribution in [0.2, 0.25) is 5.02 Å². The van der Waals surface area contributed by atoms with Gasteiger partial charge in [-0.25, -0.2) is 0 Å². The summed E-state index contributed by atoms with van der Waals surface area (Å²) >= 11 is 5.55. The topological polar surface area (TPSA) is 52.0 Å². The Hall–Kier alpha value is -0.940. The Morgan fingerprint density at radius 3 is 2.29 bits per heavy atom. The standard InChI is InChI=1S/C8H8ClF3N2/c9-5-2-1-4(3-6(5)13)7(14)8(10,11)12/h1-3,7H,13-14H2. The van der Waals surface area contributed by atoms with E-state index in [0.29, 0.717) is 0 Å². The van der Waals surface area contributed by atoms with Crippen molar-refractivity contribution in [2.45, 2.75) is 12.2 Å². The van der Waals surface area contributed by atoms with Gasteiger partial charge in [-0.1, -0.05) is 17.7 Å². The number of hydrogen-bond donors (Lipinski definition) is 2. The fraction of sp³-hybridized carbons (Fsp3) is 0.250. The van der Waals surface area contributed by atoms with Crippen molar-refractivity contribution in [1.82, 2.24) is 0 Å². The van der Waals surface area contributed by atoms with Crippen LogP contribution in [0.15, 0.2) is 18.2 Å². The highest BCUT2D eigenvalue weighted by Crippen LogP contribution is 2.32. The molecule has 1 aromatic rings. The lowest BCUT2D eigenvalue weighted by Crippen LogP contribution is -2.28. The number of alkyl halides is 3. The van der Waals surface area contributed by atoms with Crippen molar-refractivity contribution in [3.8, 4) is 0 Å². The van der Waals surface area contributed by atoms with Gasteiger partial charge in [-0.05, 0) is 17.7 Å². The molecule has 1 aromatic carbocycles. The molecule has 0 aliphatic carbocycles. The van der Waals surface area contributed by atoms with Crippen LogP contribution in [0.4, 0.5) is 18.9 Å². The Labute approximate surface area is 83.6 Å². The van der Waals surface area contributed by atoms with E-state index in [1.165, 1.54) is 12.1 Å². The summed E-state index contributed by atoms with van der Waals surface area (Å²) in [6.45, 7) is 0. The second-order valence-corrected chi connectivity index (χ2v) is 3.21. The maximum atomic E-state index is 12.2. The fourth-order valence-corrected chi connectivity index (χ4v) is 1.06. The van der Waals surface area contributed by atoms with Crippen LogP contribution in [0.5, 0.6) is 0 Å². The molecular weight excluding hydrogens is 217 g/mol. The van der Waals surface area contributed by atoms with Gasteiger partial charge in [0.15, 0.2) is 0 Å². The summed E-state index contributed by atoms with van der Waals surface area (Å²) in [5.74, 6) is 0. The van der Waals surface area contributed by atoms with Gasteiger partial charge in [0, 0.05) is 0 Å². The van der Waals surface area contributed by atoms with Crippen molar-refractivity contribution in [3.05, 3.63) is 28.8 Å². The van der Waals surface area contributed by atoms with Crippen molar-refractivity contribution in [3.63, 3.8) is 0 Å². The van der Waals surface area contributed by atoms with E-state index >= 15 is 0 Å². The average Bonchev–Trinajstić information content (AvgIpc) is 2.07. The Morgan fingerprint density at radius 2 is 1.86 bits per heavy atom. The number of halogens is 4. The molecule has 0 bridgehead atoms. The summed E-state index contributed by atoms with van der Waals surface area (Å²) in [7, 11) is 0. The quantitative estimate of drug-likeness (QED) is 0.720. The Balaban J connectivity index is 3.03. The molecule has 0 fully saturated rings. The van der Waals surface area contributed by atoms with Gasteiger partial charge in [0.1, 0.15) is 6.04 Å². The van der Waals surface area contributed by atoms with Crippen molar-refractivity contribution >= 4 is 17.3 Å². The second-order valence-electron chi connectivity index (χ2n) is 2.80. The van der Waals surface area contributed by atoms with E-state index in [4.69, 9.17) is 23.1 Å². The molecule has 0 heterocycles. The molecule has 1 unspecified atom stereocenters. The van der Waals surface area contributed by atoms with Gasteiger partial charge in [0.2, 0.25) is 0 Å². The first kappa shape index (κ1) is 11.1.